The largest absolute Gasteiger partial charge is 0.472 e. The molecule has 588 valence electrons. The number of hydrogen-bond acceptors (Lipinski definition) is 15. The normalized spacial score (nSPS) is 13.9. The minimum atomic E-state index is -4.96. The van der Waals surface area contributed by atoms with Crippen molar-refractivity contribution in [2.24, 2.45) is 5.92 Å². The van der Waals surface area contributed by atoms with E-state index in [2.05, 4.69) is 34.6 Å². The van der Waals surface area contributed by atoms with Crippen LogP contribution in [0.15, 0.2) is 0 Å². The van der Waals surface area contributed by atoms with Crippen molar-refractivity contribution in [2.75, 3.05) is 39.6 Å². The fourth-order valence-corrected chi connectivity index (χ4v) is 14.0. The van der Waals surface area contributed by atoms with Gasteiger partial charge in [0.05, 0.1) is 26.4 Å². The molecule has 0 fully saturated rings. The summed E-state index contributed by atoms with van der Waals surface area (Å²) >= 11 is 0. The summed E-state index contributed by atoms with van der Waals surface area (Å²) in [6, 6.07) is 0. The number of aliphatic hydroxyl groups excluding tert-OH is 1. The van der Waals surface area contributed by atoms with E-state index in [-0.39, 0.29) is 25.7 Å². The van der Waals surface area contributed by atoms with Crippen LogP contribution in [0.2, 0.25) is 0 Å². The highest BCUT2D eigenvalue weighted by atomic mass is 31.2. The highest BCUT2D eigenvalue weighted by Crippen LogP contribution is 2.45. The Kier molecular flexibility index (Phi) is 71.6. The Morgan fingerprint density at radius 3 is 0.687 bits per heavy atom. The molecule has 5 atom stereocenters. The molecule has 0 amide bonds. The molecule has 0 aliphatic carbocycles. The van der Waals surface area contributed by atoms with Gasteiger partial charge < -0.3 is 33.8 Å². The van der Waals surface area contributed by atoms with E-state index < -0.39 is 97.5 Å². The van der Waals surface area contributed by atoms with Gasteiger partial charge in [-0.3, -0.25) is 37.3 Å². The van der Waals surface area contributed by atoms with Gasteiger partial charge in [-0.2, -0.15) is 0 Å². The van der Waals surface area contributed by atoms with Crippen molar-refractivity contribution in [3.63, 3.8) is 0 Å². The fraction of sp³-hybridized carbons (Fsp3) is 0.950. The molecule has 0 spiro atoms. The van der Waals surface area contributed by atoms with E-state index >= 15 is 0 Å². The number of unbranched alkanes of at least 4 members (excludes halogenated alkanes) is 52. The van der Waals surface area contributed by atoms with E-state index in [1.54, 1.807) is 0 Å². The van der Waals surface area contributed by atoms with Crippen LogP contribution in [0.25, 0.3) is 0 Å². The van der Waals surface area contributed by atoms with Gasteiger partial charge in [0.2, 0.25) is 0 Å². The van der Waals surface area contributed by atoms with Crippen molar-refractivity contribution in [3.05, 3.63) is 0 Å². The van der Waals surface area contributed by atoms with E-state index in [4.69, 9.17) is 37.0 Å². The Morgan fingerprint density at radius 2 is 0.465 bits per heavy atom. The molecule has 0 heterocycles. The lowest BCUT2D eigenvalue weighted by Gasteiger charge is -2.21. The second-order valence-electron chi connectivity index (χ2n) is 29.3. The zero-order chi connectivity index (χ0) is 72.7. The van der Waals surface area contributed by atoms with Crippen LogP contribution < -0.4 is 0 Å². The number of phosphoric acid groups is 2. The van der Waals surface area contributed by atoms with E-state index in [9.17, 15) is 43.2 Å². The molecule has 99 heavy (non-hydrogen) atoms. The van der Waals surface area contributed by atoms with Crippen molar-refractivity contribution in [2.45, 2.75) is 445 Å². The standard InChI is InChI=1S/C80H156O17P2/c1-6-9-12-15-18-21-24-27-29-30-31-32-34-37-40-45-51-56-61-66-80(85)96-75(69-90-77(82)63-58-53-48-43-38-36-33-28-25-22-19-16-13-10-7-2)71-94-98(86,87)92-67-74(81)68-93-99(88,89)95-72-76(70-91-78(83)64-59-54-49-46-41-42-47-52-57-62-73(4)5)97-79(84)65-60-55-50-44-39-35-26-23-20-17-14-11-8-3/h73-76,81H,6-72H2,1-5H3,(H,86,87)(H,88,89)/t74-,75-,76-/m1/s1. The number of carbonyl (C=O) groups is 4. The average molecular weight is 1450 g/mol. The van der Waals surface area contributed by atoms with Crippen molar-refractivity contribution in [1.29, 1.82) is 0 Å². The molecule has 0 aromatic carbocycles. The second kappa shape index (κ2) is 73.0. The Hall–Kier alpha value is -1.94. The smallest absolute Gasteiger partial charge is 0.462 e. The molecule has 0 rings (SSSR count). The summed E-state index contributed by atoms with van der Waals surface area (Å²) in [5.41, 5.74) is 0. The molecular weight excluding hydrogens is 1290 g/mol. The minimum Gasteiger partial charge on any atom is -0.462 e. The molecule has 0 radical (unpaired) electrons. The molecule has 0 aromatic heterocycles. The number of esters is 4. The molecular formula is C80H156O17P2. The summed E-state index contributed by atoms with van der Waals surface area (Å²) in [6.45, 7) is 7.31. The highest BCUT2D eigenvalue weighted by Gasteiger charge is 2.30. The van der Waals surface area contributed by atoms with Crippen molar-refractivity contribution in [1.82, 2.24) is 0 Å². The van der Waals surface area contributed by atoms with Gasteiger partial charge in [0.25, 0.3) is 0 Å². The maximum absolute atomic E-state index is 13.1. The molecule has 0 aliphatic rings. The van der Waals surface area contributed by atoms with E-state index in [1.165, 1.54) is 250 Å². The first kappa shape index (κ1) is 97.1. The lowest BCUT2D eigenvalue weighted by molar-refractivity contribution is -0.161. The van der Waals surface area contributed by atoms with Gasteiger partial charge in [0.15, 0.2) is 12.2 Å². The maximum atomic E-state index is 13.1. The molecule has 17 nitrogen and oxygen atoms in total. The first-order valence-corrected chi connectivity index (χ1v) is 44.6. The number of ether oxygens (including phenoxy) is 4. The van der Waals surface area contributed by atoms with Crippen molar-refractivity contribution in [3.8, 4) is 0 Å². The number of hydrogen-bond donors (Lipinski definition) is 3. The van der Waals surface area contributed by atoms with Crippen LogP contribution in [0.3, 0.4) is 0 Å². The van der Waals surface area contributed by atoms with Crippen LogP contribution in [0.1, 0.15) is 426 Å². The average Bonchev–Trinajstić information content (AvgIpc) is 1.57. The maximum Gasteiger partial charge on any atom is 0.472 e. The van der Waals surface area contributed by atoms with Crippen LogP contribution in [0, 0.1) is 5.92 Å². The van der Waals surface area contributed by atoms with Gasteiger partial charge in [-0.15, -0.1) is 0 Å². The molecule has 0 saturated heterocycles. The third-order valence-corrected chi connectivity index (χ3v) is 20.7. The fourth-order valence-electron chi connectivity index (χ4n) is 12.4. The monoisotopic (exact) mass is 1450 g/mol. The summed E-state index contributed by atoms with van der Waals surface area (Å²) in [5, 5.41) is 10.6. The molecule has 19 heteroatoms. The van der Waals surface area contributed by atoms with E-state index in [0.717, 1.165) is 95.8 Å². The molecule has 0 aliphatic heterocycles. The Balaban J connectivity index is 5.25. The molecule has 0 bridgehead atoms. The Labute approximate surface area is 607 Å². The topological polar surface area (TPSA) is 237 Å². The van der Waals surface area contributed by atoms with Gasteiger partial charge in [0.1, 0.15) is 19.3 Å². The predicted octanol–water partition coefficient (Wildman–Crippen LogP) is 24.0. The molecule has 0 aromatic rings. The summed E-state index contributed by atoms with van der Waals surface area (Å²) in [7, 11) is -9.92. The first-order valence-electron chi connectivity index (χ1n) is 41.6. The zero-order valence-electron chi connectivity index (χ0n) is 64.6. The lowest BCUT2D eigenvalue weighted by Crippen LogP contribution is -2.30. The molecule has 0 saturated carbocycles. The summed E-state index contributed by atoms with van der Waals surface area (Å²) in [6.07, 6.45) is 63.7. The molecule has 3 N–H and O–H groups in total. The first-order chi connectivity index (χ1) is 48.0. The SMILES string of the molecule is CCCCCCCCCCCCCCCCCCCCCC(=O)O[C@H](COC(=O)CCCCCCCCCCCCCCCCC)COP(=O)(O)OC[C@@H](O)COP(=O)(O)OC[C@@H](COC(=O)CCCCCCCCCCCC(C)C)OC(=O)CCCCCCCCCCCCCCC. The number of carbonyl (C=O) groups excluding carboxylic acids is 4. The second-order valence-corrected chi connectivity index (χ2v) is 32.2. The summed E-state index contributed by atoms with van der Waals surface area (Å²) in [4.78, 5) is 73.0. The van der Waals surface area contributed by atoms with Crippen molar-refractivity contribution >= 4 is 39.5 Å². The van der Waals surface area contributed by atoms with Gasteiger partial charge >= 0.3 is 39.5 Å². The quantitative estimate of drug-likeness (QED) is 0.0222. The van der Waals surface area contributed by atoms with Gasteiger partial charge in [-0.1, -0.05) is 375 Å². The van der Waals surface area contributed by atoms with Crippen molar-refractivity contribution < 1.29 is 80.2 Å². The summed E-state index contributed by atoms with van der Waals surface area (Å²) < 4.78 is 68.7. The number of aliphatic hydroxyl groups is 1. The van der Waals surface area contributed by atoms with Gasteiger partial charge in [0, 0.05) is 25.7 Å². The van der Waals surface area contributed by atoms with Crippen LogP contribution in [0.4, 0.5) is 0 Å². The van der Waals surface area contributed by atoms with E-state index in [0.29, 0.717) is 25.7 Å². The predicted molar refractivity (Wildman–Crippen MR) is 405 cm³/mol. The zero-order valence-corrected chi connectivity index (χ0v) is 66.4. The molecule has 2 unspecified atom stereocenters. The minimum absolute atomic E-state index is 0.108. The number of phosphoric ester groups is 2. The van der Waals surface area contributed by atoms with Crippen LogP contribution in [0.5, 0.6) is 0 Å². The Bertz CT molecular complexity index is 1890. The highest BCUT2D eigenvalue weighted by molar-refractivity contribution is 7.47. The van der Waals surface area contributed by atoms with Gasteiger partial charge in [-0.25, -0.2) is 9.13 Å². The van der Waals surface area contributed by atoms with Crippen LogP contribution >= 0.6 is 15.6 Å². The Morgan fingerprint density at radius 1 is 0.273 bits per heavy atom. The van der Waals surface area contributed by atoms with Gasteiger partial charge in [-0.05, 0) is 31.6 Å². The third kappa shape index (κ3) is 74.1. The third-order valence-electron chi connectivity index (χ3n) is 18.8. The van der Waals surface area contributed by atoms with Crippen LogP contribution in [-0.2, 0) is 65.4 Å². The van der Waals surface area contributed by atoms with Crippen LogP contribution in [-0.4, -0.2) is 96.7 Å². The summed E-state index contributed by atoms with van der Waals surface area (Å²) in [5.74, 6) is -1.36. The lowest BCUT2D eigenvalue weighted by atomic mass is 10.0. The number of rotatable bonds is 80. The van der Waals surface area contributed by atoms with E-state index in [1.807, 2.05) is 0 Å².